The molecule has 0 atom stereocenters. The van der Waals surface area contributed by atoms with Crippen LogP contribution in [0.1, 0.15) is 13.8 Å². The molecule has 0 aliphatic carbocycles. The molecule has 3 nitrogen and oxygen atoms in total. The van der Waals surface area contributed by atoms with Gasteiger partial charge >= 0.3 is 0 Å². The third kappa shape index (κ3) is 5.43. The number of nitrogens with zero attached hydrogens (tertiary/aromatic N) is 2. The van der Waals surface area contributed by atoms with E-state index in [9.17, 15) is 0 Å². The minimum absolute atomic E-state index is 0.384. The van der Waals surface area contributed by atoms with E-state index in [-0.39, 0.29) is 0 Å². The van der Waals surface area contributed by atoms with Crippen molar-refractivity contribution in [3.63, 3.8) is 0 Å². The zero-order valence-corrected chi connectivity index (χ0v) is 5.61. The van der Waals surface area contributed by atoms with Crippen molar-refractivity contribution in [3.05, 3.63) is 0 Å². The maximum atomic E-state index is 5.31. The van der Waals surface area contributed by atoms with Gasteiger partial charge in [0.2, 0.25) is 0 Å². The van der Waals surface area contributed by atoms with Crippen molar-refractivity contribution < 1.29 is 0 Å². The first-order valence-corrected chi connectivity index (χ1v) is 2.50. The van der Waals surface area contributed by atoms with E-state index in [0.29, 0.717) is 11.0 Å². The van der Waals surface area contributed by atoms with E-state index in [1.807, 2.05) is 0 Å². The summed E-state index contributed by atoms with van der Waals surface area (Å²) >= 11 is 5.31. The van der Waals surface area contributed by atoms with Gasteiger partial charge in [0.15, 0.2) is 0 Å². The van der Waals surface area contributed by atoms with Crippen molar-refractivity contribution in [2.24, 2.45) is 15.9 Å². The molecule has 0 fully saturated rings. The molecular weight excluding hydrogens is 126 g/mol. The summed E-state index contributed by atoms with van der Waals surface area (Å²) in [4.78, 5) is 0. The maximum absolute atomic E-state index is 5.31. The standard InChI is InChI=1S/C4H8ClN3/c1-3(5)7-8-4(2)6/h1-2H3,(H2,6,8)/b7-3-. The lowest BCUT2D eigenvalue weighted by atomic mass is 10.7. The van der Waals surface area contributed by atoms with Crippen LogP contribution in [0.25, 0.3) is 0 Å². The SMILES string of the molecule is CC(N)=N/N=C(/C)Cl. The number of hydrogen-bond donors (Lipinski definition) is 1. The summed E-state index contributed by atoms with van der Waals surface area (Å²) in [6.07, 6.45) is 0. The molecule has 0 saturated carbocycles. The van der Waals surface area contributed by atoms with Crippen LogP contribution in [0, 0.1) is 0 Å². The molecule has 0 aromatic rings. The van der Waals surface area contributed by atoms with E-state index in [1.54, 1.807) is 13.8 Å². The van der Waals surface area contributed by atoms with E-state index < -0.39 is 0 Å². The Kier molecular flexibility index (Phi) is 3.19. The van der Waals surface area contributed by atoms with Gasteiger partial charge in [-0.2, -0.15) is 0 Å². The molecule has 46 valence electrons. The molecule has 0 unspecified atom stereocenters. The molecule has 0 radical (unpaired) electrons. The Morgan fingerprint density at radius 1 is 1.38 bits per heavy atom. The fourth-order valence-corrected chi connectivity index (χ4v) is 0.186. The Morgan fingerprint density at radius 2 is 1.88 bits per heavy atom. The number of amidine groups is 1. The van der Waals surface area contributed by atoms with Crippen LogP contribution in [0.15, 0.2) is 10.2 Å². The van der Waals surface area contributed by atoms with Crippen LogP contribution in [0.5, 0.6) is 0 Å². The summed E-state index contributed by atoms with van der Waals surface area (Å²) in [7, 11) is 0. The number of rotatable bonds is 1. The van der Waals surface area contributed by atoms with E-state index >= 15 is 0 Å². The van der Waals surface area contributed by atoms with Gasteiger partial charge in [-0.15, -0.1) is 10.2 Å². The Balaban J connectivity index is 3.76. The van der Waals surface area contributed by atoms with Crippen molar-refractivity contribution >= 4 is 22.6 Å². The molecule has 0 saturated heterocycles. The van der Waals surface area contributed by atoms with E-state index in [4.69, 9.17) is 17.3 Å². The van der Waals surface area contributed by atoms with Gasteiger partial charge in [-0.05, 0) is 13.8 Å². The molecule has 0 aliphatic heterocycles. The van der Waals surface area contributed by atoms with Crippen molar-refractivity contribution in [2.75, 3.05) is 0 Å². The second-order valence-electron chi connectivity index (χ2n) is 1.34. The van der Waals surface area contributed by atoms with Crippen LogP contribution in [0.4, 0.5) is 0 Å². The largest absolute Gasteiger partial charge is 0.386 e. The van der Waals surface area contributed by atoms with Gasteiger partial charge in [-0.3, -0.25) is 0 Å². The molecule has 8 heavy (non-hydrogen) atoms. The Morgan fingerprint density at radius 3 is 2.00 bits per heavy atom. The highest BCUT2D eigenvalue weighted by Crippen LogP contribution is 1.83. The normalized spacial score (nSPS) is 14.4. The van der Waals surface area contributed by atoms with Crippen LogP contribution in [-0.4, -0.2) is 11.0 Å². The maximum Gasteiger partial charge on any atom is 0.125 e. The first kappa shape index (κ1) is 7.43. The topological polar surface area (TPSA) is 50.7 Å². The molecule has 0 bridgehead atoms. The van der Waals surface area contributed by atoms with E-state index in [2.05, 4.69) is 10.2 Å². The zero-order valence-electron chi connectivity index (χ0n) is 4.85. The van der Waals surface area contributed by atoms with Crippen LogP contribution in [-0.2, 0) is 0 Å². The molecule has 0 amide bonds. The molecule has 0 spiro atoms. The first-order chi connectivity index (χ1) is 3.63. The predicted octanol–water partition coefficient (Wildman–Crippen LogP) is 0.936. The Labute approximate surface area is 53.2 Å². The average molecular weight is 134 g/mol. The fraction of sp³-hybridized carbons (Fsp3) is 0.500. The summed E-state index contributed by atoms with van der Waals surface area (Å²) in [5, 5.41) is 7.33. The van der Waals surface area contributed by atoms with Gasteiger partial charge in [0, 0.05) is 0 Å². The van der Waals surface area contributed by atoms with Gasteiger partial charge < -0.3 is 5.73 Å². The highest BCUT2D eigenvalue weighted by Gasteiger charge is 1.76. The monoisotopic (exact) mass is 133 g/mol. The Bertz CT molecular complexity index is 103. The number of hydrogen-bond acceptors (Lipinski definition) is 2. The molecule has 0 aromatic carbocycles. The zero-order chi connectivity index (χ0) is 6.57. The minimum Gasteiger partial charge on any atom is -0.386 e. The lowest BCUT2D eigenvalue weighted by Crippen LogP contribution is -2.03. The molecular formula is C4H8ClN3. The first-order valence-electron chi connectivity index (χ1n) is 2.12. The lowest BCUT2D eigenvalue weighted by molar-refractivity contribution is 1.22. The molecule has 0 aromatic heterocycles. The van der Waals surface area contributed by atoms with Gasteiger partial charge in [0.25, 0.3) is 0 Å². The van der Waals surface area contributed by atoms with Crippen molar-refractivity contribution in [3.8, 4) is 0 Å². The summed E-state index contributed by atoms with van der Waals surface area (Å²) in [5.41, 5.74) is 5.12. The van der Waals surface area contributed by atoms with Crippen molar-refractivity contribution in [1.82, 2.24) is 0 Å². The summed E-state index contributed by atoms with van der Waals surface area (Å²) < 4.78 is 0. The quantitative estimate of drug-likeness (QED) is 0.323. The molecule has 2 N–H and O–H groups in total. The van der Waals surface area contributed by atoms with Crippen LogP contribution < -0.4 is 5.73 Å². The second-order valence-corrected chi connectivity index (χ2v) is 1.89. The second kappa shape index (κ2) is 3.43. The van der Waals surface area contributed by atoms with E-state index in [1.165, 1.54) is 0 Å². The molecule has 0 aliphatic rings. The predicted molar refractivity (Wildman–Crippen MR) is 36.3 cm³/mol. The van der Waals surface area contributed by atoms with Gasteiger partial charge in [-0.25, -0.2) is 0 Å². The van der Waals surface area contributed by atoms with Crippen LogP contribution in [0.3, 0.4) is 0 Å². The van der Waals surface area contributed by atoms with Crippen LogP contribution in [0.2, 0.25) is 0 Å². The third-order valence-electron chi connectivity index (χ3n) is 0.346. The highest BCUT2D eigenvalue weighted by molar-refractivity contribution is 6.64. The molecule has 4 heteroatoms. The fourth-order valence-electron chi connectivity index (χ4n) is 0.148. The summed E-state index contributed by atoms with van der Waals surface area (Å²) in [6.45, 7) is 3.28. The number of nitrogens with two attached hydrogens (primary N) is 1. The van der Waals surface area contributed by atoms with Crippen molar-refractivity contribution in [1.29, 1.82) is 0 Å². The molecule has 0 rings (SSSR count). The number of halogens is 1. The smallest absolute Gasteiger partial charge is 0.125 e. The minimum atomic E-state index is 0.384. The van der Waals surface area contributed by atoms with Gasteiger partial charge in [-0.1, -0.05) is 11.6 Å². The van der Waals surface area contributed by atoms with Gasteiger partial charge in [0.1, 0.15) is 11.0 Å². The summed E-state index contributed by atoms with van der Waals surface area (Å²) in [5.74, 6) is 0.407. The average Bonchev–Trinajstić information content (AvgIpc) is 1.61. The lowest BCUT2D eigenvalue weighted by Gasteiger charge is -1.81. The Hall–Kier alpha value is -0.570. The van der Waals surface area contributed by atoms with Crippen LogP contribution >= 0.6 is 11.6 Å². The third-order valence-corrected chi connectivity index (χ3v) is 0.421. The highest BCUT2D eigenvalue weighted by atomic mass is 35.5. The molecule has 0 heterocycles. The van der Waals surface area contributed by atoms with Crippen molar-refractivity contribution in [2.45, 2.75) is 13.8 Å². The van der Waals surface area contributed by atoms with Gasteiger partial charge in [0.05, 0.1) is 0 Å². The summed E-state index contributed by atoms with van der Waals surface area (Å²) in [6, 6.07) is 0. The van der Waals surface area contributed by atoms with E-state index in [0.717, 1.165) is 0 Å².